The van der Waals surface area contributed by atoms with E-state index >= 15 is 0 Å². The average Bonchev–Trinajstić information content (AvgIpc) is 2.22. The predicted octanol–water partition coefficient (Wildman–Crippen LogP) is 3.19. The molecule has 0 aliphatic rings. The van der Waals surface area contributed by atoms with E-state index in [-0.39, 0.29) is 5.78 Å². The first-order valence-electron chi connectivity index (χ1n) is 6.01. The molecule has 1 unspecified atom stereocenters. The van der Waals surface area contributed by atoms with Gasteiger partial charge in [0, 0.05) is 0 Å². The molecule has 16 heavy (non-hydrogen) atoms. The van der Waals surface area contributed by atoms with Crippen LogP contribution < -0.4 is 0 Å². The van der Waals surface area contributed by atoms with E-state index in [0.717, 1.165) is 12.8 Å². The molecule has 0 radical (unpaired) electrons. The fourth-order valence-corrected chi connectivity index (χ4v) is 1.58. The molecule has 0 spiro atoms. The van der Waals surface area contributed by atoms with Crippen molar-refractivity contribution in [1.82, 2.24) is 0 Å². The summed E-state index contributed by atoms with van der Waals surface area (Å²) < 4.78 is 0. The normalized spacial score (nSPS) is 12.9. The van der Waals surface area contributed by atoms with Gasteiger partial charge < -0.3 is 5.11 Å². The van der Waals surface area contributed by atoms with Crippen molar-refractivity contribution in [3.05, 3.63) is 12.2 Å². The van der Waals surface area contributed by atoms with Crippen LogP contribution in [-0.2, 0) is 9.59 Å². The van der Waals surface area contributed by atoms with Crippen molar-refractivity contribution in [3.63, 3.8) is 0 Å². The van der Waals surface area contributed by atoms with Gasteiger partial charge in [-0.25, -0.2) is 0 Å². The van der Waals surface area contributed by atoms with Crippen molar-refractivity contribution in [2.24, 2.45) is 5.92 Å². The third-order valence-electron chi connectivity index (χ3n) is 2.64. The molecule has 0 heterocycles. The number of allylic oxidation sites excluding steroid dienone is 2. The van der Waals surface area contributed by atoms with Crippen LogP contribution in [0.4, 0.5) is 0 Å². The molecule has 0 rings (SSSR count). The molecule has 0 bridgehead atoms. The summed E-state index contributed by atoms with van der Waals surface area (Å²) in [6, 6.07) is 0. The highest BCUT2D eigenvalue weighted by Crippen LogP contribution is 2.16. The van der Waals surface area contributed by atoms with E-state index in [0.29, 0.717) is 5.92 Å². The van der Waals surface area contributed by atoms with E-state index in [1.807, 2.05) is 6.08 Å². The number of carboxylic acid groups (broad SMARTS) is 1. The first kappa shape index (κ1) is 14.9. The highest BCUT2D eigenvalue weighted by Gasteiger charge is 2.05. The lowest BCUT2D eigenvalue weighted by atomic mass is 9.95. The highest BCUT2D eigenvalue weighted by molar-refractivity contribution is 6.01. The minimum Gasteiger partial charge on any atom is -0.481 e. The molecule has 3 nitrogen and oxygen atoms in total. The van der Waals surface area contributed by atoms with E-state index in [4.69, 9.17) is 5.11 Å². The van der Waals surface area contributed by atoms with Gasteiger partial charge in [0.1, 0.15) is 6.42 Å². The van der Waals surface area contributed by atoms with Crippen LogP contribution in [-0.4, -0.2) is 16.9 Å². The maximum atomic E-state index is 11.1. The van der Waals surface area contributed by atoms with Gasteiger partial charge in [-0.15, -0.1) is 0 Å². The molecule has 0 fully saturated rings. The van der Waals surface area contributed by atoms with Crippen LogP contribution in [0, 0.1) is 5.92 Å². The molecule has 0 amide bonds. The molecule has 0 saturated carbocycles. The van der Waals surface area contributed by atoms with Crippen LogP contribution in [0.2, 0.25) is 0 Å². The molecule has 1 N–H and O–H groups in total. The fourth-order valence-electron chi connectivity index (χ4n) is 1.58. The molecule has 0 aliphatic heterocycles. The Bertz CT molecular complexity index is 244. The summed E-state index contributed by atoms with van der Waals surface area (Å²) in [5, 5.41) is 8.40. The largest absolute Gasteiger partial charge is 0.481 e. The van der Waals surface area contributed by atoms with Gasteiger partial charge in [0.25, 0.3) is 0 Å². The number of carbonyl (C=O) groups is 2. The molecule has 0 aromatic carbocycles. The number of ketones is 1. The number of hydrogen-bond donors (Lipinski definition) is 1. The van der Waals surface area contributed by atoms with Gasteiger partial charge in [0.05, 0.1) is 0 Å². The van der Waals surface area contributed by atoms with E-state index in [1.54, 1.807) is 0 Å². The molecule has 92 valence electrons. The summed E-state index contributed by atoms with van der Waals surface area (Å²) in [5.74, 6) is -0.764. The van der Waals surface area contributed by atoms with E-state index in [2.05, 4.69) is 13.8 Å². The minimum atomic E-state index is -1.06. The van der Waals surface area contributed by atoms with Crippen LogP contribution in [0.5, 0.6) is 0 Å². The minimum absolute atomic E-state index is 0.321. The summed E-state index contributed by atoms with van der Waals surface area (Å²) in [6.07, 6.45) is 8.40. The molecule has 0 aliphatic carbocycles. The van der Waals surface area contributed by atoms with Crippen LogP contribution in [0.1, 0.15) is 52.4 Å². The monoisotopic (exact) mass is 226 g/mol. The van der Waals surface area contributed by atoms with Gasteiger partial charge in [0.2, 0.25) is 0 Å². The Labute approximate surface area is 97.5 Å². The van der Waals surface area contributed by atoms with Crippen LogP contribution >= 0.6 is 0 Å². The van der Waals surface area contributed by atoms with Crippen LogP contribution in [0.15, 0.2) is 12.2 Å². The van der Waals surface area contributed by atoms with E-state index in [9.17, 15) is 9.59 Å². The smallest absolute Gasteiger partial charge is 0.311 e. The Morgan fingerprint density at radius 1 is 1.31 bits per heavy atom. The lowest BCUT2D eigenvalue weighted by molar-refractivity contribution is -0.139. The van der Waals surface area contributed by atoms with Crippen molar-refractivity contribution in [2.45, 2.75) is 52.4 Å². The van der Waals surface area contributed by atoms with Gasteiger partial charge in [-0.3, -0.25) is 9.59 Å². The summed E-state index contributed by atoms with van der Waals surface area (Å²) in [4.78, 5) is 21.3. The van der Waals surface area contributed by atoms with Crippen molar-refractivity contribution >= 4 is 11.8 Å². The van der Waals surface area contributed by atoms with Gasteiger partial charge in [-0.2, -0.15) is 0 Å². The molecule has 3 heteroatoms. The Morgan fingerprint density at radius 2 is 2.00 bits per heavy atom. The number of aliphatic carboxylic acids is 1. The Kier molecular flexibility index (Phi) is 8.49. The lowest BCUT2D eigenvalue weighted by Gasteiger charge is -2.10. The third kappa shape index (κ3) is 8.21. The predicted molar refractivity (Wildman–Crippen MR) is 64.3 cm³/mol. The zero-order valence-corrected chi connectivity index (χ0v) is 10.2. The Balaban J connectivity index is 3.86. The first-order chi connectivity index (χ1) is 7.60. The molecule has 0 saturated heterocycles. The highest BCUT2D eigenvalue weighted by atomic mass is 16.4. The number of carboxylic acids is 1. The van der Waals surface area contributed by atoms with Crippen molar-refractivity contribution in [3.8, 4) is 0 Å². The van der Waals surface area contributed by atoms with Crippen LogP contribution in [0.25, 0.3) is 0 Å². The van der Waals surface area contributed by atoms with E-state index < -0.39 is 12.4 Å². The second-order valence-electron chi connectivity index (χ2n) is 4.09. The quantitative estimate of drug-likeness (QED) is 0.485. The standard InChI is InChI=1S/C13H22O3/c1-3-5-7-11(4-2)8-6-9-12(14)10-13(15)16/h6,9,11H,3-5,7-8,10H2,1-2H3,(H,15,16). The first-order valence-corrected chi connectivity index (χ1v) is 6.01. The second-order valence-corrected chi connectivity index (χ2v) is 4.09. The van der Waals surface area contributed by atoms with Gasteiger partial charge >= 0.3 is 5.97 Å². The molecular weight excluding hydrogens is 204 g/mol. The van der Waals surface area contributed by atoms with Gasteiger partial charge in [-0.1, -0.05) is 45.6 Å². The third-order valence-corrected chi connectivity index (χ3v) is 2.64. The second kappa shape index (κ2) is 9.13. The summed E-state index contributed by atoms with van der Waals surface area (Å²) in [7, 11) is 0. The van der Waals surface area contributed by atoms with Gasteiger partial charge in [0.15, 0.2) is 5.78 Å². The molecule has 1 atom stereocenters. The number of carbonyl (C=O) groups excluding carboxylic acids is 1. The summed E-state index contributed by atoms with van der Waals surface area (Å²) in [6.45, 7) is 4.31. The van der Waals surface area contributed by atoms with Crippen molar-refractivity contribution < 1.29 is 14.7 Å². The van der Waals surface area contributed by atoms with Crippen molar-refractivity contribution in [2.75, 3.05) is 0 Å². The molecule has 0 aromatic heterocycles. The fraction of sp³-hybridized carbons (Fsp3) is 0.692. The topological polar surface area (TPSA) is 54.4 Å². The molecular formula is C13H22O3. The average molecular weight is 226 g/mol. The Morgan fingerprint density at radius 3 is 2.50 bits per heavy atom. The number of rotatable bonds is 9. The lowest BCUT2D eigenvalue weighted by Crippen LogP contribution is -2.03. The Hall–Kier alpha value is -1.12. The summed E-state index contributed by atoms with van der Waals surface area (Å²) in [5.41, 5.74) is 0. The van der Waals surface area contributed by atoms with Gasteiger partial charge in [-0.05, 0) is 18.4 Å². The van der Waals surface area contributed by atoms with E-state index in [1.165, 1.54) is 25.3 Å². The zero-order valence-electron chi connectivity index (χ0n) is 10.2. The maximum absolute atomic E-state index is 11.1. The SMILES string of the molecule is CCCCC(CC)CC=CC(=O)CC(=O)O. The van der Waals surface area contributed by atoms with Crippen molar-refractivity contribution in [1.29, 1.82) is 0 Å². The molecule has 0 aromatic rings. The zero-order chi connectivity index (χ0) is 12.4. The number of unbranched alkanes of at least 4 members (excludes halogenated alkanes) is 1. The maximum Gasteiger partial charge on any atom is 0.311 e. The number of hydrogen-bond acceptors (Lipinski definition) is 2. The van der Waals surface area contributed by atoms with Crippen LogP contribution in [0.3, 0.4) is 0 Å². The summed E-state index contributed by atoms with van der Waals surface area (Å²) >= 11 is 0.